The summed E-state index contributed by atoms with van der Waals surface area (Å²) in [5.74, 6) is 0.875. The van der Waals surface area contributed by atoms with Crippen molar-refractivity contribution in [3.8, 4) is 11.5 Å². The van der Waals surface area contributed by atoms with Gasteiger partial charge < -0.3 is 25.4 Å². The molecule has 0 aromatic heterocycles. The predicted molar refractivity (Wildman–Crippen MR) is 127 cm³/mol. The van der Waals surface area contributed by atoms with Crippen LogP contribution in [0.5, 0.6) is 11.5 Å². The van der Waals surface area contributed by atoms with Gasteiger partial charge in [0.15, 0.2) is 0 Å². The second kappa shape index (κ2) is 13.2. The molecule has 9 heteroatoms. The highest BCUT2D eigenvalue weighted by molar-refractivity contribution is 9.10. The molecule has 0 aliphatic heterocycles. The Hall–Kier alpha value is -2.29. The van der Waals surface area contributed by atoms with Crippen LogP contribution >= 0.6 is 28.3 Å². The van der Waals surface area contributed by atoms with Gasteiger partial charge in [-0.05, 0) is 52.0 Å². The van der Waals surface area contributed by atoms with E-state index in [1.165, 1.54) is 4.90 Å². The van der Waals surface area contributed by atoms with E-state index in [1.807, 2.05) is 42.5 Å². The molecule has 0 saturated heterocycles. The van der Waals surface area contributed by atoms with Gasteiger partial charge in [0.1, 0.15) is 11.5 Å². The van der Waals surface area contributed by atoms with Crippen molar-refractivity contribution in [1.82, 2.24) is 10.2 Å². The van der Waals surface area contributed by atoms with Gasteiger partial charge in [-0.1, -0.05) is 30.3 Å². The van der Waals surface area contributed by atoms with Gasteiger partial charge in [0, 0.05) is 13.6 Å². The van der Waals surface area contributed by atoms with Crippen LogP contribution in [-0.4, -0.2) is 57.1 Å². The van der Waals surface area contributed by atoms with Gasteiger partial charge in [-0.3, -0.25) is 9.59 Å². The smallest absolute Gasteiger partial charge is 0.240 e. The highest BCUT2D eigenvalue weighted by Crippen LogP contribution is 2.32. The van der Waals surface area contributed by atoms with Crippen molar-refractivity contribution in [3.05, 3.63) is 58.1 Å². The number of nitrogens with two attached hydrogens (primary N) is 1. The van der Waals surface area contributed by atoms with Gasteiger partial charge in [0.05, 0.1) is 31.3 Å². The number of likely N-dealkylation sites (N-methyl/N-ethyl adjacent to an activating group) is 1. The highest BCUT2D eigenvalue weighted by Gasteiger charge is 2.20. The molecule has 0 saturated carbocycles. The van der Waals surface area contributed by atoms with E-state index in [1.54, 1.807) is 21.3 Å². The molecule has 0 heterocycles. The van der Waals surface area contributed by atoms with Crippen molar-refractivity contribution < 1.29 is 19.1 Å². The molecule has 0 bridgehead atoms. The number of amides is 2. The van der Waals surface area contributed by atoms with Crippen molar-refractivity contribution >= 4 is 40.2 Å². The molecule has 2 rings (SSSR count). The third kappa shape index (κ3) is 8.05. The van der Waals surface area contributed by atoms with Gasteiger partial charge >= 0.3 is 0 Å². The molecule has 170 valence electrons. The Morgan fingerprint density at radius 2 is 1.77 bits per heavy atom. The molecule has 0 unspecified atom stereocenters. The fourth-order valence-electron chi connectivity index (χ4n) is 3.04. The first kappa shape index (κ1) is 26.7. The number of carbonyl (C=O) groups excluding carboxylic acids is 2. The maximum Gasteiger partial charge on any atom is 0.240 e. The van der Waals surface area contributed by atoms with E-state index in [4.69, 9.17) is 15.2 Å². The Balaban J connectivity index is 0.00000480. The molecule has 2 aromatic carbocycles. The topological polar surface area (TPSA) is 93.9 Å². The molecule has 1 atom stereocenters. The van der Waals surface area contributed by atoms with Crippen LogP contribution in [0, 0.1) is 0 Å². The van der Waals surface area contributed by atoms with E-state index >= 15 is 0 Å². The molecule has 31 heavy (non-hydrogen) atoms. The summed E-state index contributed by atoms with van der Waals surface area (Å²) in [5.41, 5.74) is 7.91. The largest absolute Gasteiger partial charge is 0.496 e. The SMILES string of the molecule is COc1cc(CCNC(=O)CN(C)C(=O)[C@@H](N)Cc2ccccc2)c(OC)cc1Br.Cl. The van der Waals surface area contributed by atoms with Crippen LogP contribution in [0.1, 0.15) is 11.1 Å². The molecule has 0 aliphatic carbocycles. The van der Waals surface area contributed by atoms with Crippen molar-refractivity contribution in [3.63, 3.8) is 0 Å². The lowest BCUT2D eigenvalue weighted by atomic mass is 10.1. The average molecular weight is 515 g/mol. The van der Waals surface area contributed by atoms with Crippen LogP contribution in [-0.2, 0) is 22.4 Å². The quantitative estimate of drug-likeness (QED) is 0.508. The number of nitrogens with zero attached hydrogens (tertiary/aromatic N) is 1. The summed E-state index contributed by atoms with van der Waals surface area (Å²) in [6.07, 6.45) is 0.987. The van der Waals surface area contributed by atoms with Crippen LogP contribution in [0.25, 0.3) is 0 Å². The summed E-state index contributed by atoms with van der Waals surface area (Å²) >= 11 is 3.42. The second-order valence-electron chi connectivity index (χ2n) is 6.89. The van der Waals surface area contributed by atoms with Crippen LogP contribution in [0.15, 0.2) is 46.9 Å². The minimum absolute atomic E-state index is 0. The van der Waals surface area contributed by atoms with E-state index in [9.17, 15) is 9.59 Å². The normalized spacial score (nSPS) is 11.1. The Bertz CT molecular complexity index is 867. The molecule has 0 aliphatic rings. The number of halogens is 2. The summed E-state index contributed by atoms with van der Waals surface area (Å²) in [4.78, 5) is 26.1. The molecule has 0 spiro atoms. The zero-order chi connectivity index (χ0) is 22.1. The van der Waals surface area contributed by atoms with Gasteiger partial charge in [-0.25, -0.2) is 0 Å². The number of ether oxygens (including phenoxy) is 2. The maximum atomic E-state index is 12.5. The van der Waals surface area contributed by atoms with E-state index in [0.717, 1.165) is 15.6 Å². The summed E-state index contributed by atoms with van der Waals surface area (Å²) in [7, 11) is 4.76. The van der Waals surface area contributed by atoms with Crippen molar-refractivity contribution in [2.75, 3.05) is 34.4 Å². The number of benzene rings is 2. The van der Waals surface area contributed by atoms with Crippen LogP contribution in [0.4, 0.5) is 0 Å². The third-order valence-electron chi connectivity index (χ3n) is 4.64. The standard InChI is InChI=1S/C22H28BrN3O4.ClH/c1-26(22(28)18(24)11-15-7-5-4-6-8-15)14-21(27)25-10-9-16-12-20(30-3)17(23)13-19(16)29-2;/h4-8,12-13,18H,9-11,14,24H2,1-3H3,(H,25,27);1H/t18-;/m0./s1. The lowest BCUT2D eigenvalue weighted by Gasteiger charge is -2.21. The number of nitrogens with one attached hydrogen (secondary N) is 1. The molecular formula is C22H29BrClN3O4. The first-order valence-corrected chi connectivity index (χ1v) is 10.4. The predicted octanol–water partition coefficient (Wildman–Crippen LogP) is 2.58. The number of hydrogen-bond donors (Lipinski definition) is 2. The number of methoxy groups -OCH3 is 2. The molecule has 0 fully saturated rings. The van der Waals surface area contributed by atoms with Crippen LogP contribution in [0.2, 0.25) is 0 Å². The molecule has 2 aromatic rings. The van der Waals surface area contributed by atoms with Crippen LogP contribution in [0.3, 0.4) is 0 Å². The molecule has 0 radical (unpaired) electrons. The Labute approximate surface area is 197 Å². The van der Waals surface area contributed by atoms with Gasteiger partial charge in [0.25, 0.3) is 0 Å². The van der Waals surface area contributed by atoms with Crippen molar-refractivity contribution in [2.24, 2.45) is 5.73 Å². The third-order valence-corrected chi connectivity index (χ3v) is 5.26. The maximum absolute atomic E-state index is 12.5. The monoisotopic (exact) mass is 513 g/mol. The van der Waals surface area contributed by atoms with E-state index < -0.39 is 6.04 Å². The first-order valence-electron chi connectivity index (χ1n) is 9.57. The van der Waals surface area contributed by atoms with Crippen molar-refractivity contribution in [1.29, 1.82) is 0 Å². The zero-order valence-corrected chi connectivity index (χ0v) is 20.3. The summed E-state index contributed by atoms with van der Waals surface area (Å²) in [6.45, 7) is 0.347. The Morgan fingerprint density at radius 3 is 2.39 bits per heavy atom. The van der Waals surface area contributed by atoms with Gasteiger partial charge in [0.2, 0.25) is 11.8 Å². The van der Waals surface area contributed by atoms with Crippen molar-refractivity contribution in [2.45, 2.75) is 18.9 Å². The zero-order valence-electron chi connectivity index (χ0n) is 17.9. The van der Waals surface area contributed by atoms with E-state index in [0.29, 0.717) is 30.9 Å². The van der Waals surface area contributed by atoms with Crippen LogP contribution < -0.4 is 20.5 Å². The molecular weight excluding hydrogens is 486 g/mol. The van der Waals surface area contributed by atoms with Gasteiger partial charge in [-0.2, -0.15) is 0 Å². The summed E-state index contributed by atoms with van der Waals surface area (Å²) in [6, 6.07) is 12.6. The Kier molecular flexibility index (Phi) is 11.4. The van der Waals surface area contributed by atoms with E-state index in [-0.39, 0.29) is 30.8 Å². The lowest BCUT2D eigenvalue weighted by molar-refractivity contribution is -0.135. The fraction of sp³-hybridized carbons (Fsp3) is 0.364. The minimum atomic E-state index is -0.690. The summed E-state index contributed by atoms with van der Waals surface area (Å²) in [5, 5.41) is 2.83. The second-order valence-corrected chi connectivity index (χ2v) is 7.74. The van der Waals surface area contributed by atoms with E-state index in [2.05, 4.69) is 21.2 Å². The highest BCUT2D eigenvalue weighted by atomic mass is 79.9. The Morgan fingerprint density at radius 1 is 1.13 bits per heavy atom. The van der Waals surface area contributed by atoms with Gasteiger partial charge in [-0.15, -0.1) is 12.4 Å². The molecule has 3 N–H and O–H groups in total. The lowest BCUT2D eigenvalue weighted by Crippen LogP contribution is -2.47. The minimum Gasteiger partial charge on any atom is -0.496 e. The number of hydrogen-bond acceptors (Lipinski definition) is 5. The molecule has 2 amide bonds. The number of carbonyl (C=O) groups is 2. The first-order chi connectivity index (χ1) is 14.3. The molecule has 7 nitrogen and oxygen atoms in total. The summed E-state index contributed by atoms with van der Waals surface area (Å²) < 4.78 is 11.5. The average Bonchev–Trinajstić information content (AvgIpc) is 2.74. The number of rotatable bonds is 10. The fourth-order valence-corrected chi connectivity index (χ4v) is 3.53.